The zero-order chi connectivity index (χ0) is 14.3. The highest BCUT2D eigenvalue weighted by Crippen LogP contribution is 2.28. The van der Waals surface area contributed by atoms with Crippen LogP contribution in [-0.2, 0) is 4.74 Å². The summed E-state index contributed by atoms with van der Waals surface area (Å²) in [6.45, 7) is 6.11. The minimum Gasteiger partial charge on any atom is -0.444 e. The summed E-state index contributed by atoms with van der Waals surface area (Å²) in [4.78, 5) is 11.4. The van der Waals surface area contributed by atoms with E-state index in [0.29, 0.717) is 12.5 Å². The molecular weight excluding hydrogens is 242 g/mol. The average Bonchev–Trinajstić information content (AvgIpc) is 2.33. The predicted molar refractivity (Wildman–Crippen MR) is 76.1 cm³/mol. The summed E-state index contributed by atoms with van der Waals surface area (Å²) in [6, 6.07) is 0. The van der Waals surface area contributed by atoms with Crippen LogP contribution in [0, 0.1) is 5.92 Å². The topological polar surface area (TPSA) is 58.6 Å². The minimum absolute atomic E-state index is 0.208. The van der Waals surface area contributed by atoms with Gasteiger partial charge in [0.15, 0.2) is 0 Å². The number of hydrogen-bond acceptors (Lipinski definition) is 3. The lowest BCUT2D eigenvalue weighted by Gasteiger charge is -2.26. The monoisotopic (exact) mass is 271 g/mol. The molecular formula is C15H29NO3. The number of carbonyl (C=O) groups is 1. The summed E-state index contributed by atoms with van der Waals surface area (Å²) in [7, 11) is 0. The van der Waals surface area contributed by atoms with Gasteiger partial charge in [-0.05, 0) is 52.4 Å². The van der Waals surface area contributed by atoms with Crippen molar-refractivity contribution < 1.29 is 14.6 Å². The van der Waals surface area contributed by atoms with Gasteiger partial charge in [0, 0.05) is 6.54 Å². The molecule has 1 saturated carbocycles. The number of rotatable bonds is 5. The fourth-order valence-corrected chi connectivity index (χ4v) is 2.57. The van der Waals surface area contributed by atoms with E-state index in [9.17, 15) is 9.90 Å². The lowest BCUT2D eigenvalue weighted by Crippen LogP contribution is -2.33. The lowest BCUT2D eigenvalue weighted by atomic mass is 9.84. The SMILES string of the molecule is CC(C)(C)OC(=O)NCCC[C@@H](O)C1CCCCC1. The highest BCUT2D eigenvalue weighted by molar-refractivity contribution is 5.67. The van der Waals surface area contributed by atoms with Crippen molar-refractivity contribution in [1.82, 2.24) is 5.32 Å². The zero-order valence-electron chi connectivity index (χ0n) is 12.6. The highest BCUT2D eigenvalue weighted by Gasteiger charge is 2.21. The Hall–Kier alpha value is -0.770. The Labute approximate surface area is 116 Å². The second-order valence-electron chi connectivity index (χ2n) is 6.54. The van der Waals surface area contributed by atoms with E-state index in [1.165, 1.54) is 19.3 Å². The Balaban J connectivity index is 2.08. The molecule has 0 aliphatic heterocycles. The van der Waals surface area contributed by atoms with Gasteiger partial charge in [-0.15, -0.1) is 0 Å². The van der Waals surface area contributed by atoms with Crippen LogP contribution in [0.25, 0.3) is 0 Å². The molecule has 112 valence electrons. The van der Waals surface area contributed by atoms with Gasteiger partial charge in [-0.25, -0.2) is 4.79 Å². The number of hydrogen-bond donors (Lipinski definition) is 2. The molecule has 2 N–H and O–H groups in total. The quantitative estimate of drug-likeness (QED) is 0.755. The maximum Gasteiger partial charge on any atom is 0.407 e. The Bertz CT molecular complexity index is 267. The Morgan fingerprint density at radius 1 is 1.32 bits per heavy atom. The summed E-state index contributed by atoms with van der Waals surface area (Å²) in [6.07, 6.45) is 7.10. The first-order valence-corrected chi connectivity index (χ1v) is 7.53. The van der Waals surface area contributed by atoms with E-state index in [2.05, 4.69) is 5.32 Å². The number of nitrogens with one attached hydrogen (secondary N) is 1. The van der Waals surface area contributed by atoms with Crippen LogP contribution in [0.5, 0.6) is 0 Å². The van der Waals surface area contributed by atoms with Gasteiger partial charge in [-0.1, -0.05) is 19.3 Å². The number of aliphatic hydroxyl groups excluding tert-OH is 1. The first-order chi connectivity index (χ1) is 8.88. The number of amides is 1. The molecule has 0 aromatic rings. The van der Waals surface area contributed by atoms with Gasteiger partial charge in [0.2, 0.25) is 0 Å². The van der Waals surface area contributed by atoms with Crippen molar-refractivity contribution in [1.29, 1.82) is 0 Å². The van der Waals surface area contributed by atoms with Crippen molar-refractivity contribution in [3.63, 3.8) is 0 Å². The van der Waals surface area contributed by atoms with Crippen molar-refractivity contribution >= 4 is 6.09 Å². The standard InChI is InChI=1S/C15H29NO3/c1-15(2,3)19-14(18)16-11-7-10-13(17)12-8-5-4-6-9-12/h12-13,17H,4-11H2,1-3H3,(H,16,18)/t13-/m1/s1. The molecule has 1 aliphatic rings. The van der Waals surface area contributed by atoms with Gasteiger partial charge < -0.3 is 15.2 Å². The molecule has 1 amide bonds. The van der Waals surface area contributed by atoms with E-state index in [0.717, 1.165) is 25.7 Å². The molecule has 4 nitrogen and oxygen atoms in total. The maximum atomic E-state index is 11.4. The highest BCUT2D eigenvalue weighted by atomic mass is 16.6. The van der Waals surface area contributed by atoms with Crippen LogP contribution < -0.4 is 5.32 Å². The zero-order valence-corrected chi connectivity index (χ0v) is 12.6. The van der Waals surface area contributed by atoms with Crippen molar-refractivity contribution in [2.75, 3.05) is 6.54 Å². The summed E-state index contributed by atoms with van der Waals surface area (Å²) in [5.74, 6) is 0.468. The van der Waals surface area contributed by atoms with Crippen LogP contribution in [0.2, 0.25) is 0 Å². The van der Waals surface area contributed by atoms with Crippen LogP contribution in [0.4, 0.5) is 4.79 Å². The van der Waals surface area contributed by atoms with Crippen LogP contribution in [-0.4, -0.2) is 29.4 Å². The van der Waals surface area contributed by atoms with Crippen LogP contribution in [0.1, 0.15) is 65.7 Å². The molecule has 4 heteroatoms. The molecule has 1 rings (SSSR count). The fraction of sp³-hybridized carbons (Fsp3) is 0.933. The van der Waals surface area contributed by atoms with E-state index < -0.39 is 5.60 Å². The van der Waals surface area contributed by atoms with Gasteiger partial charge in [0.05, 0.1) is 6.10 Å². The van der Waals surface area contributed by atoms with E-state index in [4.69, 9.17) is 4.74 Å². The lowest BCUT2D eigenvalue weighted by molar-refractivity contribution is 0.0512. The molecule has 1 fully saturated rings. The molecule has 0 aromatic carbocycles. The summed E-state index contributed by atoms with van der Waals surface area (Å²) in [5, 5.41) is 12.8. The average molecular weight is 271 g/mol. The second-order valence-corrected chi connectivity index (χ2v) is 6.54. The first-order valence-electron chi connectivity index (χ1n) is 7.53. The van der Waals surface area contributed by atoms with Crippen molar-refractivity contribution in [3.8, 4) is 0 Å². The summed E-state index contributed by atoms with van der Waals surface area (Å²) in [5.41, 5.74) is -0.453. The molecule has 1 atom stereocenters. The van der Waals surface area contributed by atoms with E-state index in [1.54, 1.807) is 0 Å². The van der Waals surface area contributed by atoms with E-state index in [1.807, 2.05) is 20.8 Å². The third-order valence-electron chi connectivity index (χ3n) is 3.54. The molecule has 0 bridgehead atoms. The summed E-state index contributed by atoms with van der Waals surface area (Å²) < 4.78 is 5.15. The number of ether oxygens (including phenoxy) is 1. The van der Waals surface area contributed by atoms with Gasteiger partial charge in [-0.3, -0.25) is 0 Å². The maximum absolute atomic E-state index is 11.4. The van der Waals surface area contributed by atoms with Gasteiger partial charge in [0.1, 0.15) is 5.60 Å². The Morgan fingerprint density at radius 3 is 2.53 bits per heavy atom. The molecule has 0 radical (unpaired) electrons. The molecule has 0 unspecified atom stereocenters. The number of aliphatic hydroxyl groups is 1. The van der Waals surface area contributed by atoms with Gasteiger partial charge in [0.25, 0.3) is 0 Å². The molecule has 0 saturated heterocycles. The van der Waals surface area contributed by atoms with Crippen molar-refractivity contribution in [3.05, 3.63) is 0 Å². The van der Waals surface area contributed by atoms with Crippen LogP contribution in [0.3, 0.4) is 0 Å². The molecule has 1 aliphatic carbocycles. The Kier molecular flexibility index (Phi) is 6.63. The fourth-order valence-electron chi connectivity index (χ4n) is 2.57. The smallest absolute Gasteiger partial charge is 0.407 e. The van der Waals surface area contributed by atoms with E-state index in [-0.39, 0.29) is 12.2 Å². The van der Waals surface area contributed by atoms with Gasteiger partial charge in [-0.2, -0.15) is 0 Å². The molecule has 0 aromatic heterocycles. The third kappa shape index (κ3) is 7.41. The number of alkyl carbamates (subject to hydrolysis) is 1. The third-order valence-corrected chi connectivity index (χ3v) is 3.54. The molecule has 0 spiro atoms. The van der Waals surface area contributed by atoms with Crippen LogP contribution >= 0.6 is 0 Å². The van der Waals surface area contributed by atoms with E-state index >= 15 is 0 Å². The van der Waals surface area contributed by atoms with Crippen LogP contribution in [0.15, 0.2) is 0 Å². The first kappa shape index (κ1) is 16.3. The van der Waals surface area contributed by atoms with Gasteiger partial charge >= 0.3 is 6.09 Å². The number of carbonyl (C=O) groups excluding carboxylic acids is 1. The van der Waals surface area contributed by atoms with Crippen molar-refractivity contribution in [2.45, 2.75) is 77.4 Å². The largest absolute Gasteiger partial charge is 0.444 e. The summed E-state index contributed by atoms with van der Waals surface area (Å²) >= 11 is 0. The predicted octanol–water partition coefficient (Wildman–Crippen LogP) is 3.23. The minimum atomic E-state index is -0.453. The van der Waals surface area contributed by atoms with Crippen molar-refractivity contribution in [2.24, 2.45) is 5.92 Å². The molecule has 0 heterocycles. The molecule has 19 heavy (non-hydrogen) atoms. The normalized spacial score (nSPS) is 18.9. The second kappa shape index (κ2) is 7.73. The Morgan fingerprint density at radius 2 is 1.95 bits per heavy atom.